The molecule has 0 radical (unpaired) electrons. The van der Waals surface area contributed by atoms with Crippen LogP contribution in [0.1, 0.15) is 31.9 Å². The molecule has 4 rings (SSSR count). The zero-order valence-corrected chi connectivity index (χ0v) is 17.8. The normalized spacial score (nSPS) is 11.7. The Morgan fingerprint density at radius 3 is 2.24 bits per heavy atom. The van der Waals surface area contributed by atoms with Crippen LogP contribution in [0.25, 0.3) is 32.7 Å². The largest absolute Gasteiger partial charge is 0.152 e. The van der Waals surface area contributed by atoms with Gasteiger partial charge in [0, 0.05) is 26.2 Å². The Labute approximate surface area is 169 Å². The summed E-state index contributed by atoms with van der Waals surface area (Å²) in [6.45, 7) is 9.16. The van der Waals surface area contributed by atoms with Gasteiger partial charge in [0.1, 0.15) is 0 Å². The van der Waals surface area contributed by atoms with Crippen LogP contribution in [0, 0.1) is 6.92 Å². The molecule has 0 aromatic heterocycles. The van der Waals surface area contributed by atoms with Crippen molar-refractivity contribution >= 4 is 21.5 Å². The first-order chi connectivity index (χ1) is 11.4. The van der Waals surface area contributed by atoms with Crippen LogP contribution in [-0.4, -0.2) is 0 Å². The van der Waals surface area contributed by atoms with Crippen LogP contribution in [0.3, 0.4) is 0 Å². The van der Waals surface area contributed by atoms with Crippen molar-refractivity contribution in [1.29, 1.82) is 0 Å². The topological polar surface area (TPSA) is 0 Å². The van der Waals surface area contributed by atoms with Crippen molar-refractivity contribution in [2.24, 2.45) is 0 Å². The van der Waals surface area contributed by atoms with Crippen molar-refractivity contribution in [1.82, 2.24) is 0 Å². The van der Waals surface area contributed by atoms with Gasteiger partial charge in [-0.3, -0.25) is 0 Å². The molecule has 0 unspecified atom stereocenters. The molecule has 0 N–H and O–H groups in total. The van der Waals surface area contributed by atoms with E-state index in [0.29, 0.717) is 0 Å². The second-order valence-corrected chi connectivity index (χ2v) is 7.76. The van der Waals surface area contributed by atoms with Crippen molar-refractivity contribution in [3.05, 3.63) is 77.9 Å². The molecular weight excluding hydrogens is 379 g/mol. The van der Waals surface area contributed by atoms with Crippen LogP contribution in [0.15, 0.2) is 66.7 Å². The zero-order valence-electron chi connectivity index (χ0n) is 15.4. The Hall–Kier alpha value is -1.59. The van der Waals surface area contributed by atoms with Crippen molar-refractivity contribution in [2.45, 2.75) is 33.1 Å². The van der Waals surface area contributed by atoms with Gasteiger partial charge in [-0.25, -0.2) is 0 Å². The van der Waals surface area contributed by atoms with Crippen molar-refractivity contribution in [3.63, 3.8) is 0 Å². The minimum absolute atomic E-state index is 0. The monoisotopic (exact) mass is 401 g/mol. The third-order valence-corrected chi connectivity index (χ3v) is 5.04. The Balaban J connectivity index is 0.00000182. The summed E-state index contributed by atoms with van der Waals surface area (Å²) in [5.41, 5.74) is 5.68. The second kappa shape index (κ2) is 6.62. The number of hydrogen-bond acceptors (Lipinski definition) is 0. The van der Waals surface area contributed by atoms with Gasteiger partial charge in [-0.1, -0.05) is 75.7 Å². The van der Waals surface area contributed by atoms with Gasteiger partial charge in [0.2, 0.25) is 0 Å². The Bertz CT molecular complexity index is 1040. The fourth-order valence-corrected chi connectivity index (χ4v) is 3.88. The van der Waals surface area contributed by atoms with Gasteiger partial charge in [0.15, 0.2) is 0 Å². The minimum Gasteiger partial charge on any atom is -0.152 e. The molecule has 4 aromatic carbocycles. The maximum Gasteiger partial charge on any atom is 0 e. The molecule has 0 fully saturated rings. The fourth-order valence-electron chi connectivity index (χ4n) is 3.88. The Morgan fingerprint density at radius 2 is 1.52 bits per heavy atom. The van der Waals surface area contributed by atoms with Gasteiger partial charge in [-0.2, -0.15) is 5.56 Å². The molecule has 0 aliphatic carbocycles. The number of aryl methyl sites for hydroxylation is 1. The fraction of sp³-hybridized carbons (Fsp3) is 0.208. The Morgan fingerprint density at radius 1 is 0.800 bits per heavy atom. The molecule has 25 heavy (non-hydrogen) atoms. The molecule has 0 nitrogen and oxygen atoms in total. The van der Waals surface area contributed by atoms with E-state index in [0.717, 1.165) is 0 Å². The predicted molar refractivity (Wildman–Crippen MR) is 106 cm³/mol. The van der Waals surface area contributed by atoms with Crippen LogP contribution in [-0.2, 0) is 31.6 Å². The number of benzene rings is 3. The first kappa shape index (κ1) is 18.2. The molecule has 0 saturated carbocycles. The molecule has 1 heteroatoms. The SMILES string of the molecule is Cc1c(C(C)(C)C)[cH-]c2cccc(-c3ccc4ccccc4c3)c12.[Zr]. The second-order valence-electron chi connectivity index (χ2n) is 7.76. The first-order valence-electron chi connectivity index (χ1n) is 8.64. The molecule has 0 saturated heterocycles. The first-order valence-corrected chi connectivity index (χ1v) is 8.64. The summed E-state index contributed by atoms with van der Waals surface area (Å²) in [7, 11) is 0. The third kappa shape index (κ3) is 3.15. The molecule has 0 aliphatic rings. The van der Waals surface area contributed by atoms with Gasteiger partial charge in [0.25, 0.3) is 0 Å². The van der Waals surface area contributed by atoms with Gasteiger partial charge >= 0.3 is 0 Å². The van der Waals surface area contributed by atoms with E-state index < -0.39 is 0 Å². The van der Waals surface area contributed by atoms with E-state index in [1.165, 1.54) is 43.8 Å². The molecule has 4 aromatic rings. The maximum absolute atomic E-state index is 2.37. The molecule has 0 spiro atoms. The van der Waals surface area contributed by atoms with Crippen molar-refractivity contribution in [3.8, 4) is 11.1 Å². The molecule has 0 heterocycles. The van der Waals surface area contributed by atoms with Crippen molar-refractivity contribution in [2.75, 3.05) is 0 Å². The predicted octanol–water partition coefficient (Wildman–Crippen LogP) is 6.98. The molecule has 0 aliphatic heterocycles. The van der Waals surface area contributed by atoms with Crippen LogP contribution in [0.4, 0.5) is 0 Å². The van der Waals surface area contributed by atoms with Gasteiger partial charge in [0.05, 0.1) is 0 Å². The van der Waals surface area contributed by atoms with Crippen LogP contribution < -0.4 is 0 Å². The summed E-state index contributed by atoms with van der Waals surface area (Å²) < 4.78 is 0. The summed E-state index contributed by atoms with van der Waals surface area (Å²) >= 11 is 0. The van der Waals surface area contributed by atoms with E-state index in [1.54, 1.807) is 0 Å². The molecule has 0 bridgehead atoms. The molecule has 0 atom stereocenters. The summed E-state index contributed by atoms with van der Waals surface area (Å²) in [5, 5.41) is 5.34. The van der Waals surface area contributed by atoms with Crippen LogP contribution in [0.2, 0.25) is 0 Å². The Kier molecular flexibility index (Phi) is 4.82. The summed E-state index contributed by atoms with van der Waals surface area (Å²) in [6, 6.07) is 24.4. The summed E-state index contributed by atoms with van der Waals surface area (Å²) in [4.78, 5) is 0. The van der Waals surface area contributed by atoms with Gasteiger partial charge in [-0.05, 0) is 27.8 Å². The third-order valence-electron chi connectivity index (χ3n) is 5.04. The van der Waals surface area contributed by atoms with Crippen molar-refractivity contribution < 1.29 is 26.2 Å². The van der Waals surface area contributed by atoms with E-state index in [9.17, 15) is 0 Å². The van der Waals surface area contributed by atoms with E-state index in [2.05, 4.69) is 94.4 Å². The smallest absolute Gasteiger partial charge is 0 e. The van der Waals surface area contributed by atoms with E-state index in [-0.39, 0.29) is 31.6 Å². The number of fused-ring (bicyclic) bond motifs is 2. The quantitative estimate of drug-likeness (QED) is 0.301. The van der Waals surface area contributed by atoms with E-state index in [4.69, 9.17) is 0 Å². The van der Waals surface area contributed by atoms with Crippen LogP contribution >= 0.6 is 0 Å². The van der Waals surface area contributed by atoms with Crippen LogP contribution in [0.5, 0.6) is 0 Å². The molecule has 124 valence electrons. The van der Waals surface area contributed by atoms with Gasteiger partial charge < -0.3 is 0 Å². The standard InChI is InChI=1S/C24H23.Zr/c1-16-22(24(2,3)4)15-20-10-7-11-21(23(16)20)19-13-12-17-8-5-6-9-18(17)14-19;/h5-15H,1-4H3;/q-1;. The van der Waals surface area contributed by atoms with E-state index >= 15 is 0 Å². The van der Waals surface area contributed by atoms with Gasteiger partial charge in [-0.15, -0.1) is 34.5 Å². The molecular formula is C24H23Zr-. The zero-order chi connectivity index (χ0) is 16.9. The maximum atomic E-state index is 2.37. The average Bonchev–Trinajstić information content (AvgIpc) is 2.92. The van der Waals surface area contributed by atoms with E-state index in [1.807, 2.05) is 0 Å². The number of hydrogen-bond donors (Lipinski definition) is 0. The number of rotatable bonds is 1. The average molecular weight is 403 g/mol. The summed E-state index contributed by atoms with van der Waals surface area (Å²) in [6.07, 6.45) is 0. The summed E-state index contributed by atoms with van der Waals surface area (Å²) in [5.74, 6) is 0. The molecule has 0 amide bonds. The minimum atomic E-state index is 0.